The Morgan fingerprint density at radius 1 is 0.595 bits per heavy atom. The van der Waals surface area contributed by atoms with Gasteiger partial charge < -0.3 is 14.6 Å². The van der Waals surface area contributed by atoms with Crippen LogP contribution in [0.25, 0.3) is 22.0 Å². The number of pyridine rings is 1. The van der Waals surface area contributed by atoms with Crippen LogP contribution in [0.15, 0.2) is 133 Å². The summed E-state index contributed by atoms with van der Waals surface area (Å²) in [5.74, 6) is -0.110. The van der Waals surface area contributed by atoms with E-state index in [0.717, 1.165) is 27.8 Å². The molecule has 0 unspecified atom stereocenters. The Hall–Kier alpha value is -5.42. The standard InChI is InChI=1S/C37H29NO4/c39-37(40)34-32(23-26-13-5-1-6-14-26)35(41-24-27-15-7-2-8-16-27)31-22-21-30(29-19-11-4-12-20-29)36(33(31)38-34)42-25-28-17-9-3-10-18-28/h1-22H,23-25H2,(H,39,40). The lowest BCUT2D eigenvalue weighted by molar-refractivity contribution is 0.0689. The summed E-state index contributed by atoms with van der Waals surface area (Å²) in [5.41, 5.74) is 5.63. The monoisotopic (exact) mass is 551 g/mol. The lowest BCUT2D eigenvalue weighted by Crippen LogP contribution is -2.11. The van der Waals surface area contributed by atoms with Crippen LogP contribution < -0.4 is 9.47 Å². The van der Waals surface area contributed by atoms with Gasteiger partial charge in [0.2, 0.25) is 0 Å². The number of rotatable bonds is 10. The van der Waals surface area contributed by atoms with Gasteiger partial charge in [0.25, 0.3) is 0 Å². The van der Waals surface area contributed by atoms with Gasteiger partial charge >= 0.3 is 5.97 Å². The molecular formula is C37H29NO4. The fourth-order valence-corrected chi connectivity index (χ4v) is 5.07. The third-order valence-electron chi connectivity index (χ3n) is 7.12. The second-order valence-electron chi connectivity index (χ2n) is 9.99. The number of carbonyl (C=O) groups is 1. The first-order valence-corrected chi connectivity index (χ1v) is 13.8. The second-order valence-corrected chi connectivity index (χ2v) is 9.99. The maximum Gasteiger partial charge on any atom is 0.354 e. The summed E-state index contributed by atoms with van der Waals surface area (Å²) in [4.78, 5) is 17.5. The van der Waals surface area contributed by atoms with Crippen LogP contribution in [0, 0.1) is 0 Å². The molecule has 1 N–H and O–H groups in total. The predicted molar refractivity (Wildman–Crippen MR) is 165 cm³/mol. The largest absolute Gasteiger partial charge is 0.488 e. The Kier molecular flexibility index (Phi) is 7.91. The predicted octanol–water partition coefficient (Wildman–Crippen LogP) is 8.35. The second kappa shape index (κ2) is 12.4. The van der Waals surface area contributed by atoms with Gasteiger partial charge in [-0.15, -0.1) is 0 Å². The van der Waals surface area contributed by atoms with E-state index < -0.39 is 5.97 Å². The molecule has 0 bridgehead atoms. The van der Waals surface area contributed by atoms with E-state index in [1.54, 1.807) is 0 Å². The number of nitrogens with zero attached hydrogens (tertiary/aromatic N) is 1. The molecule has 42 heavy (non-hydrogen) atoms. The molecule has 0 aliphatic carbocycles. The highest BCUT2D eigenvalue weighted by Crippen LogP contribution is 2.42. The Bertz CT molecular complexity index is 1810. The van der Waals surface area contributed by atoms with E-state index in [9.17, 15) is 9.90 Å². The van der Waals surface area contributed by atoms with E-state index in [2.05, 4.69) is 0 Å². The number of ether oxygens (including phenoxy) is 2. The highest BCUT2D eigenvalue weighted by molar-refractivity contribution is 6.01. The molecule has 5 nitrogen and oxygen atoms in total. The van der Waals surface area contributed by atoms with E-state index in [1.165, 1.54) is 0 Å². The summed E-state index contributed by atoms with van der Waals surface area (Å²) in [5, 5.41) is 11.1. The van der Waals surface area contributed by atoms with Crippen LogP contribution in [0.4, 0.5) is 0 Å². The molecule has 0 fully saturated rings. The number of aromatic nitrogens is 1. The first-order valence-electron chi connectivity index (χ1n) is 13.8. The van der Waals surface area contributed by atoms with Gasteiger partial charge in [-0.1, -0.05) is 121 Å². The molecule has 0 radical (unpaired) electrons. The van der Waals surface area contributed by atoms with Crippen molar-refractivity contribution in [2.45, 2.75) is 19.6 Å². The average molecular weight is 552 g/mol. The smallest absolute Gasteiger partial charge is 0.354 e. The fourth-order valence-electron chi connectivity index (χ4n) is 5.07. The topological polar surface area (TPSA) is 68.7 Å². The van der Waals surface area contributed by atoms with Crippen molar-refractivity contribution in [3.63, 3.8) is 0 Å². The van der Waals surface area contributed by atoms with E-state index in [0.29, 0.717) is 41.0 Å². The SMILES string of the molecule is O=C(O)c1nc2c(OCc3ccccc3)c(-c3ccccc3)ccc2c(OCc2ccccc2)c1Cc1ccccc1. The van der Waals surface area contributed by atoms with Crippen molar-refractivity contribution < 1.29 is 19.4 Å². The van der Waals surface area contributed by atoms with Gasteiger partial charge in [0.1, 0.15) is 24.5 Å². The zero-order valence-electron chi connectivity index (χ0n) is 22.9. The number of aromatic carboxylic acids is 1. The van der Waals surface area contributed by atoms with Crippen molar-refractivity contribution in [2.75, 3.05) is 0 Å². The normalized spacial score (nSPS) is 10.9. The Morgan fingerprint density at radius 3 is 1.64 bits per heavy atom. The molecule has 0 atom stereocenters. The minimum atomic E-state index is -1.12. The van der Waals surface area contributed by atoms with Gasteiger partial charge in [0.05, 0.1) is 0 Å². The molecule has 6 aromatic rings. The van der Waals surface area contributed by atoms with Crippen LogP contribution in [0.1, 0.15) is 32.7 Å². The van der Waals surface area contributed by atoms with Crippen molar-refractivity contribution in [1.82, 2.24) is 4.98 Å². The summed E-state index contributed by atoms with van der Waals surface area (Å²) in [6.07, 6.45) is 0.357. The zero-order chi connectivity index (χ0) is 28.7. The Labute approximate surface area is 244 Å². The lowest BCUT2D eigenvalue weighted by Gasteiger charge is -2.20. The van der Waals surface area contributed by atoms with Crippen LogP contribution >= 0.6 is 0 Å². The lowest BCUT2D eigenvalue weighted by atomic mass is 9.96. The first kappa shape index (κ1) is 26.8. The maximum atomic E-state index is 12.8. The molecule has 1 aromatic heterocycles. The molecular weight excluding hydrogens is 522 g/mol. The molecule has 0 saturated carbocycles. The molecule has 5 aromatic carbocycles. The fraction of sp³-hybridized carbons (Fsp3) is 0.0811. The van der Waals surface area contributed by atoms with Crippen molar-refractivity contribution >= 4 is 16.9 Å². The number of carboxylic acid groups (broad SMARTS) is 1. The highest BCUT2D eigenvalue weighted by Gasteiger charge is 2.25. The van der Waals surface area contributed by atoms with E-state index in [1.807, 2.05) is 133 Å². The minimum Gasteiger partial charge on any atom is -0.488 e. The molecule has 0 amide bonds. The molecule has 1 heterocycles. The quantitative estimate of drug-likeness (QED) is 0.185. The molecule has 0 saturated heterocycles. The number of hydrogen-bond donors (Lipinski definition) is 1. The van der Waals surface area contributed by atoms with Gasteiger partial charge in [0.15, 0.2) is 11.4 Å². The molecule has 206 valence electrons. The van der Waals surface area contributed by atoms with Crippen LogP contribution in [0.3, 0.4) is 0 Å². The number of fused-ring (bicyclic) bond motifs is 1. The number of carboxylic acids is 1. The third kappa shape index (κ3) is 5.86. The molecule has 0 spiro atoms. The molecule has 0 aliphatic heterocycles. The van der Waals surface area contributed by atoms with Crippen LogP contribution in [0.5, 0.6) is 11.5 Å². The Morgan fingerprint density at radius 2 is 1.10 bits per heavy atom. The molecule has 6 rings (SSSR count). The van der Waals surface area contributed by atoms with Crippen molar-refractivity contribution in [1.29, 1.82) is 0 Å². The van der Waals surface area contributed by atoms with E-state index in [4.69, 9.17) is 14.5 Å². The maximum absolute atomic E-state index is 12.8. The Balaban J connectivity index is 1.57. The van der Waals surface area contributed by atoms with Crippen molar-refractivity contribution in [3.05, 3.63) is 161 Å². The van der Waals surface area contributed by atoms with E-state index >= 15 is 0 Å². The summed E-state index contributed by atoms with van der Waals surface area (Å²) in [6, 6.07) is 43.4. The van der Waals surface area contributed by atoms with Gasteiger partial charge in [-0.25, -0.2) is 9.78 Å². The molecule has 5 heteroatoms. The first-order chi connectivity index (χ1) is 20.7. The number of benzene rings is 5. The zero-order valence-corrected chi connectivity index (χ0v) is 22.9. The average Bonchev–Trinajstić information content (AvgIpc) is 3.04. The highest BCUT2D eigenvalue weighted by atomic mass is 16.5. The van der Waals surface area contributed by atoms with E-state index in [-0.39, 0.29) is 12.3 Å². The van der Waals surface area contributed by atoms with Crippen LogP contribution in [-0.2, 0) is 19.6 Å². The van der Waals surface area contributed by atoms with Gasteiger partial charge in [-0.2, -0.15) is 0 Å². The van der Waals surface area contributed by atoms with Crippen molar-refractivity contribution in [2.24, 2.45) is 0 Å². The summed E-state index contributed by atoms with van der Waals surface area (Å²) < 4.78 is 13.0. The minimum absolute atomic E-state index is 0.0517. The van der Waals surface area contributed by atoms with Crippen LogP contribution in [0.2, 0.25) is 0 Å². The summed E-state index contributed by atoms with van der Waals surface area (Å²) in [7, 11) is 0. The third-order valence-corrected chi connectivity index (χ3v) is 7.12. The molecule has 0 aliphatic rings. The summed E-state index contributed by atoms with van der Waals surface area (Å²) in [6.45, 7) is 0.581. The van der Waals surface area contributed by atoms with Crippen LogP contribution in [-0.4, -0.2) is 16.1 Å². The number of hydrogen-bond acceptors (Lipinski definition) is 4. The van der Waals surface area contributed by atoms with Gasteiger partial charge in [-0.05, 0) is 34.4 Å². The van der Waals surface area contributed by atoms with Crippen molar-refractivity contribution in [3.8, 4) is 22.6 Å². The van der Waals surface area contributed by atoms with Gasteiger partial charge in [-0.3, -0.25) is 0 Å². The van der Waals surface area contributed by atoms with Gasteiger partial charge in [0, 0.05) is 22.9 Å². The summed E-state index contributed by atoms with van der Waals surface area (Å²) >= 11 is 0.